The fourth-order valence-corrected chi connectivity index (χ4v) is 2.68. The lowest BCUT2D eigenvalue weighted by atomic mass is 10.1. The SMILES string of the molecule is OCC(F)(F)CNC1c2ccccc2-c2ccccc21. The van der Waals surface area contributed by atoms with Crippen LogP contribution in [0.15, 0.2) is 48.5 Å². The van der Waals surface area contributed by atoms with Gasteiger partial charge in [-0.1, -0.05) is 48.5 Å². The Morgan fingerprint density at radius 1 is 0.950 bits per heavy atom. The van der Waals surface area contributed by atoms with Crippen molar-refractivity contribution in [2.45, 2.75) is 12.0 Å². The van der Waals surface area contributed by atoms with Gasteiger partial charge in [0.05, 0.1) is 12.6 Å². The van der Waals surface area contributed by atoms with Crippen molar-refractivity contribution < 1.29 is 13.9 Å². The first-order valence-electron chi connectivity index (χ1n) is 6.53. The Labute approximate surface area is 116 Å². The van der Waals surface area contributed by atoms with E-state index in [1.807, 2.05) is 48.5 Å². The van der Waals surface area contributed by atoms with Crippen molar-refractivity contribution in [3.63, 3.8) is 0 Å². The van der Waals surface area contributed by atoms with Crippen molar-refractivity contribution in [1.82, 2.24) is 5.32 Å². The molecule has 0 bridgehead atoms. The van der Waals surface area contributed by atoms with Crippen LogP contribution in [0.4, 0.5) is 8.78 Å². The van der Waals surface area contributed by atoms with E-state index in [1.165, 1.54) is 0 Å². The zero-order chi connectivity index (χ0) is 14.2. The van der Waals surface area contributed by atoms with Gasteiger partial charge in [-0.05, 0) is 22.3 Å². The van der Waals surface area contributed by atoms with Crippen LogP contribution in [0, 0.1) is 0 Å². The van der Waals surface area contributed by atoms with Crippen molar-refractivity contribution in [2.24, 2.45) is 0 Å². The molecule has 0 atom stereocenters. The number of aliphatic hydroxyl groups excluding tert-OH is 1. The maximum atomic E-state index is 13.2. The van der Waals surface area contributed by atoms with Crippen LogP contribution in [0.5, 0.6) is 0 Å². The minimum Gasteiger partial charge on any atom is -0.390 e. The topological polar surface area (TPSA) is 32.3 Å². The molecule has 2 N–H and O–H groups in total. The number of hydrogen-bond donors (Lipinski definition) is 2. The number of rotatable bonds is 4. The molecular weight excluding hydrogens is 260 g/mol. The van der Waals surface area contributed by atoms with E-state index in [2.05, 4.69) is 5.32 Å². The normalized spacial score (nSPS) is 14.2. The van der Waals surface area contributed by atoms with Crippen LogP contribution in [-0.2, 0) is 0 Å². The van der Waals surface area contributed by atoms with Crippen molar-refractivity contribution in [3.8, 4) is 11.1 Å². The highest BCUT2D eigenvalue weighted by Gasteiger charge is 2.32. The molecule has 0 spiro atoms. The van der Waals surface area contributed by atoms with Crippen molar-refractivity contribution in [2.75, 3.05) is 13.2 Å². The lowest BCUT2D eigenvalue weighted by Crippen LogP contribution is -2.37. The zero-order valence-electron chi connectivity index (χ0n) is 10.8. The van der Waals surface area contributed by atoms with Gasteiger partial charge < -0.3 is 10.4 Å². The molecule has 0 radical (unpaired) electrons. The quantitative estimate of drug-likeness (QED) is 0.899. The third kappa shape index (κ3) is 2.21. The molecule has 0 aromatic heterocycles. The van der Waals surface area contributed by atoms with Crippen LogP contribution in [0.25, 0.3) is 11.1 Å². The Balaban J connectivity index is 1.95. The fourth-order valence-electron chi connectivity index (χ4n) is 2.68. The second-order valence-corrected chi connectivity index (χ2v) is 5.00. The molecule has 0 fully saturated rings. The Morgan fingerprint density at radius 3 is 1.95 bits per heavy atom. The predicted molar refractivity (Wildman–Crippen MR) is 73.8 cm³/mol. The van der Waals surface area contributed by atoms with Gasteiger partial charge in [0, 0.05) is 0 Å². The zero-order valence-corrected chi connectivity index (χ0v) is 10.8. The summed E-state index contributed by atoms with van der Waals surface area (Å²) >= 11 is 0. The van der Waals surface area contributed by atoms with Crippen LogP contribution in [0.3, 0.4) is 0 Å². The van der Waals surface area contributed by atoms with E-state index in [0.717, 1.165) is 22.3 Å². The van der Waals surface area contributed by atoms with Gasteiger partial charge in [-0.15, -0.1) is 0 Å². The first kappa shape index (κ1) is 13.2. The molecule has 1 aliphatic carbocycles. The second-order valence-electron chi connectivity index (χ2n) is 5.00. The van der Waals surface area contributed by atoms with Crippen molar-refractivity contribution >= 4 is 0 Å². The molecule has 2 aromatic carbocycles. The monoisotopic (exact) mass is 275 g/mol. The highest BCUT2D eigenvalue weighted by atomic mass is 19.3. The molecule has 3 rings (SSSR count). The lowest BCUT2D eigenvalue weighted by Gasteiger charge is -2.20. The molecule has 0 saturated heterocycles. The van der Waals surface area contributed by atoms with E-state index in [9.17, 15) is 8.78 Å². The summed E-state index contributed by atoms with van der Waals surface area (Å²) in [6, 6.07) is 15.3. The van der Waals surface area contributed by atoms with Crippen LogP contribution in [-0.4, -0.2) is 24.2 Å². The predicted octanol–water partition coefficient (Wildman–Crippen LogP) is 2.97. The molecule has 0 saturated carbocycles. The Morgan fingerprint density at radius 2 is 1.45 bits per heavy atom. The molecule has 20 heavy (non-hydrogen) atoms. The molecule has 0 heterocycles. The summed E-state index contributed by atoms with van der Waals surface area (Å²) in [6.07, 6.45) is 0. The van der Waals surface area contributed by atoms with Crippen molar-refractivity contribution in [3.05, 3.63) is 59.7 Å². The lowest BCUT2D eigenvalue weighted by molar-refractivity contribution is -0.0486. The molecular formula is C16H15F2NO. The number of aliphatic hydroxyl groups is 1. The summed E-state index contributed by atoms with van der Waals surface area (Å²) in [5.41, 5.74) is 4.16. The minimum atomic E-state index is -3.10. The van der Waals surface area contributed by atoms with E-state index in [0.29, 0.717) is 0 Å². The number of hydrogen-bond acceptors (Lipinski definition) is 2. The van der Waals surface area contributed by atoms with Crippen molar-refractivity contribution in [1.29, 1.82) is 0 Å². The van der Waals surface area contributed by atoms with Gasteiger partial charge >= 0.3 is 0 Å². The highest BCUT2D eigenvalue weighted by molar-refractivity contribution is 5.78. The third-order valence-corrected chi connectivity index (χ3v) is 3.63. The molecule has 2 aromatic rings. The van der Waals surface area contributed by atoms with Crippen LogP contribution >= 0.6 is 0 Å². The van der Waals surface area contributed by atoms with Crippen LogP contribution in [0.1, 0.15) is 17.2 Å². The van der Waals surface area contributed by atoms with Crippen LogP contribution in [0.2, 0.25) is 0 Å². The van der Waals surface area contributed by atoms with E-state index < -0.39 is 19.1 Å². The summed E-state index contributed by atoms with van der Waals surface area (Å²) in [6.45, 7) is -1.69. The molecule has 0 aliphatic heterocycles. The average molecular weight is 275 g/mol. The molecule has 104 valence electrons. The summed E-state index contributed by atoms with van der Waals surface area (Å²) in [4.78, 5) is 0. The molecule has 0 amide bonds. The fraction of sp³-hybridized carbons (Fsp3) is 0.250. The van der Waals surface area contributed by atoms with E-state index in [-0.39, 0.29) is 6.04 Å². The van der Waals surface area contributed by atoms with Gasteiger partial charge in [0.1, 0.15) is 6.61 Å². The van der Waals surface area contributed by atoms with Gasteiger partial charge in [0.2, 0.25) is 0 Å². The smallest absolute Gasteiger partial charge is 0.282 e. The van der Waals surface area contributed by atoms with E-state index >= 15 is 0 Å². The number of benzene rings is 2. The standard InChI is InChI=1S/C16H15F2NO/c17-16(18,10-20)9-19-15-13-7-3-1-5-11(13)12-6-2-4-8-14(12)15/h1-8,15,19-20H,9-10H2. The Kier molecular flexibility index (Phi) is 3.28. The number of halogens is 2. The molecule has 1 aliphatic rings. The largest absolute Gasteiger partial charge is 0.390 e. The van der Waals surface area contributed by atoms with Gasteiger partial charge in [-0.2, -0.15) is 0 Å². The minimum absolute atomic E-state index is 0.250. The summed E-state index contributed by atoms with van der Waals surface area (Å²) in [5.74, 6) is -3.10. The number of fused-ring (bicyclic) bond motifs is 3. The highest BCUT2D eigenvalue weighted by Crippen LogP contribution is 2.43. The maximum absolute atomic E-state index is 13.2. The van der Waals surface area contributed by atoms with Gasteiger partial charge in [0.25, 0.3) is 5.92 Å². The molecule has 0 unspecified atom stereocenters. The summed E-state index contributed by atoms with van der Waals surface area (Å²) in [5, 5.41) is 11.5. The van der Waals surface area contributed by atoms with Gasteiger partial charge in [-0.3, -0.25) is 0 Å². The molecule has 2 nitrogen and oxygen atoms in total. The van der Waals surface area contributed by atoms with Gasteiger partial charge in [0.15, 0.2) is 0 Å². The maximum Gasteiger partial charge on any atom is 0.282 e. The number of nitrogens with one attached hydrogen (secondary N) is 1. The van der Waals surface area contributed by atoms with Crippen LogP contribution < -0.4 is 5.32 Å². The first-order valence-corrected chi connectivity index (χ1v) is 6.53. The summed E-state index contributed by atoms with van der Waals surface area (Å²) < 4.78 is 26.5. The van der Waals surface area contributed by atoms with Gasteiger partial charge in [-0.25, -0.2) is 8.78 Å². The Hall–Kier alpha value is -1.78. The average Bonchev–Trinajstić information content (AvgIpc) is 2.80. The summed E-state index contributed by atoms with van der Waals surface area (Å²) in [7, 11) is 0. The van der Waals surface area contributed by atoms with E-state index in [1.54, 1.807) is 0 Å². The first-order chi connectivity index (χ1) is 9.62. The molecule has 4 heteroatoms. The number of alkyl halides is 2. The van der Waals surface area contributed by atoms with E-state index in [4.69, 9.17) is 5.11 Å². The third-order valence-electron chi connectivity index (χ3n) is 3.63. The Bertz CT molecular complexity index is 582. The second kappa shape index (κ2) is 4.96.